The number of carboxylic acid groups (broad SMARTS) is 1. The third kappa shape index (κ3) is 2.02. The van der Waals surface area contributed by atoms with E-state index in [2.05, 4.69) is 6.58 Å². The van der Waals surface area contributed by atoms with E-state index in [9.17, 15) is 9.59 Å². The van der Waals surface area contributed by atoms with Gasteiger partial charge in [0, 0.05) is 23.2 Å². The molecule has 0 saturated heterocycles. The first kappa shape index (κ1) is 12.4. The van der Waals surface area contributed by atoms with Gasteiger partial charge < -0.3 is 9.67 Å². The Hall–Kier alpha value is -2.07. The fourth-order valence-corrected chi connectivity index (χ4v) is 1.97. The molecule has 0 bridgehead atoms. The molecule has 5 heteroatoms. The average molecular weight is 264 g/mol. The van der Waals surface area contributed by atoms with E-state index in [1.165, 1.54) is 12.3 Å². The van der Waals surface area contributed by atoms with Gasteiger partial charge >= 0.3 is 5.97 Å². The molecule has 0 spiro atoms. The smallest absolute Gasteiger partial charge is 0.341 e. The van der Waals surface area contributed by atoms with Crippen molar-refractivity contribution in [1.29, 1.82) is 0 Å². The summed E-state index contributed by atoms with van der Waals surface area (Å²) in [4.78, 5) is 23.0. The molecule has 0 fully saturated rings. The molecular formula is C13H10ClNO3. The molecule has 0 saturated carbocycles. The Morgan fingerprint density at radius 1 is 1.50 bits per heavy atom. The van der Waals surface area contributed by atoms with Gasteiger partial charge in [0.15, 0.2) is 0 Å². The van der Waals surface area contributed by atoms with Crippen molar-refractivity contribution < 1.29 is 9.90 Å². The number of carboxylic acids is 1. The summed E-state index contributed by atoms with van der Waals surface area (Å²) in [5.41, 5.74) is -0.168. The molecule has 2 rings (SSSR count). The van der Waals surface area contributed by atoms with Gasteiger partial charge in [-0.2, -0.15) is 0 Å². The SMILES string of the molecule is C=CCn1cc(C(=O)O)c(=O)c2ccc(Cl)cc21. The van der Waals surface area contributed by atoms with E-state index in [0.29, 0.717) is 22.5 Å². The summed E-state index contributed by atoms with van der Waals surface area (Å²) in [6.45, 7) is 4.00. The Morgan fingerprint density at radius 3 is 2.83 bits per heavy atom. The first-order chi connectivity index (χ1) is 8.54. The van der Waals surface area contributed by atoms with Gasteiger partial charge in [0.1, 0.15) is 5.56 Å². The summed E-state index contributed by atoms with van der Waals surface area (Å²) < 4.78 is 1.64. The molecule has 0 aliphatic heterocycles. The first-order valence-corrected chi connectivity index (χ1v) is 5.59. The topological polar surface area (TPSA) is 59.3 Å². The van der Waals surface area contributed by atoms with Crippen molar-refractivity contribution in [2.24, 2.45) is 0 Å². The Morgan fingerprint density at radius 2 is 2.22 bits per heavy atom. The molecular weight excluding hydrogens is 254 g/mol. The predicted octanol–water partition coefficient (Wildman–Crippen LogP) is 2.54. The zero-order chi connectivity index (χ0) is 13.3. The quantitative estimate of drug-likeness (QED) is 0.866. The minimum atomic E-state index is -1.24. The molecule has 92 valence electrons. The number of nitrogens with zero attached hydrogens (tertiary/aromatic N) is 1. The Balaban J connectivity index is 2.91. The second-order valence-corrected chi connectivity index (χ2v) is 4.22. The molecule has 0 atom stereocenters. The molecule has 0 radical (unpaired) electrons. The van der Waals surface area contributed by atoms with Crippen LogP contribution in [0.4, 0.5) is 0 Å². The van der Waals surface area contributed by atoms with E-state index in [4.69, 9.17) is 16.7 Å². The van der Waals surface area contributed by atoms with Gasteiger partial charge in [-0.15, -0.1) is 6.58 Å². The number of fused-ring (bicyclic) bond motifs is 1. The van der Waals surface area contributed by atoms with Crippen molar-refractivity contribution in [2.75, 3.05) is 0 Å². The largest absolute Gasteiger partial charge is 0.477 e. The van der Waals surface area contributed by atoms with Crippen molar-refractivity contribution in [3.8, 4) is 0 Å². The highest BCUT2D eigenvalue weighted by molar-refractivity contribution is 6.31. The van der Waals surface area contributed by atoms with Crippen LogP contribution in [-0.2, 0) is 6.54 Å². The molecule has 0 amide bonds. The van der Waals surface area contributed by atoms with Crippen molar-refractivity contribution in [3.63, 3.8) is 0 Å². The molecule has 2 aromatic rings. The Bertz CT molecular complexity index is 703. The lowest BCUT2D eigenvalue weighted by atomic mass is 10.1. The number of allylic oxidation sites excluding steroid dienone is 1. The number of hydrogen-bond acceptors (Lipinski definition) is 2. The number of aromatic carboxylic acids is 1. The van der Waals surface area contributed by atoms with Crippen molar-refractivity contribution in [1.82, 2.24) is 4.57 Å². The first-order valence-electron chi connectivity index (χ1n) is 5.21. The zero-order valence-corrected chi connectivity index (χ0v) is 10.1. The fourth-order valence-electron chi connectivity index (χ4n) is 1.81. The van der Waals surface area contributed by atoms with E-state index in [0.717, 1.165) is 0 Å². The fraction of sp³-hybridized carbons (Fsp3) is 0.0769. The lowest BCUT2D eigenvalue weighted by Crippen LogP contribution is -2.18. The van der Waals surface area contributed by atoms with Crippen molar-refractivity contribution >= 4 is 28.5 Å². The molecule has 4 nitrogen and oxygen atoms in total. The lowest BCUT2D eigenvalue weighted by Gasteiger charge is -2.10. The minimum Gasteiger partial charge on any atom is -0.477 e. The van der Waals surface area contributed by atoms with Crippen molar-refractivity contribution in [3.05, 3.63) is 57.9 Å². The number of hydrogen-bond donors (Lipinski definition) is 1. The highest BCUT2D eigenvalue weighted by atomic mass is 35.5. The highest BCUT2D eigenvalue weighted by Gasteiger charge is 2.14. The van der Waals surface area contributed by atoms with Gasteiger partial charge in [0.25, 0.3) is 0 Å². The van der Waals surface area contributed by atoms with Crippen LogP contribution in [0.1, 0.15) is 10.4 Å². The standard InChI is InChI=1S/C13H10ClNO3/c1-2-5-15-7-10(13(17)18)12(16)9-4-3-8(14)6-11(9)15/h2-4,6-7H,1,5H2,(H,17,18). The van der Waals surface area contributed by atoms with Gasteiger partial charge in [-0.1, -0.05) is 17.7 Å². The monoisotopic (exact) mass is 263 g/mol. The Labute approximate surface area is 108 Å². The van der Waals surface area contributed by atoms with Crippen molar-refractivity contribution in [2.45, 2.75) is 6.54 Å². The zero-order valence-electron chi connectivity index (χ0n) is 9.39. The summed E-state index contributed by atoms with van der Waals surface area (Å²) in [5.74, 6) is -1.24. The molecule has 1 aromatic heterocycles. The number of aromatic nitrogens is 1. The Kier molecular flexibility index (Phi) is 3.21. The number of halogens is 1. The molecule has 18 heavy (non-hydrogen) atoms. The molecule has 1 heterocycles. The molecule has 0 aliphatic carbocycles. The van der Waals surface area contributed by atoms with Crippen LogP contribution in [0.2, 0.25) is 5.02 Å². The lowest BCUT2D eigenvalue weighted by molar-refractivity contribution is 0.0695. The normalized spacial score (nSPS) is 10.5. The number of benzene rings is 1. The molecule has 1 N–H and O–H groups in total. The predicted molar refractivity (Wildman–Crippen MR) is 70.4 cm³/mol. The van der Waals surface area contributed by atoms with Crippen LogP contribution >= 0.6 is 11.6 Å². The molecule has 0 unspecified atom stereocenters. The maximum absolute atomic E-state index is 12.0. The van der Waals surface area contributed by atoms with Crippen LogP contribution < -0.4 is 5.43 Å². The third-order valence-corrected chi connectivity index (χ3v) is 2.83. The van der Waals surface area contributed by atoms with Crippen LogP contribution in [0.25, 0.3) is 10.9 Å². The van der Waals surface area contributed by atoms with Gasteiger partial charge in [-0.25, -0.2) is 4.79 Å². The molecule has 1 aromatic carbocycles. The summed E-state index contributed by atoms with van der Waals surface area (Å²) in [7, 11) is 0. The van der Waals surface area contributed by atoms with Crippen LogP contribution in [0.5, 0.6) is 0 Å². The van der Waals surface area contributed by atoms with Gasteiger partial charge in [-0.3, -0.25) is 4.79 Å². The summed E-state index contributed by atoms with van der Waals surface area (Å²) in [5, 5.41) is 9.83. The summed E-state index contributed by atoms with van der Waals surface area (Å²) in [6, 6.07) is 4.73. The maximum Gasteiger partial charge on any atom is 0.341 e. The van der Waals surface area contributed by atoms with Crippen LogP contribution in [0, 0.1) is 0 Å². The highest BCUT2D eigenvalue weighted by Crippen LogP contribution is 2.18. The van der Waals surface area contributed by atoms with E-state index < -0.39 is 11.4 Å². The minimum absolute atomic E-state index is 0.258. The van der Waals surface area contributed by atoms with E-state index >= 15 is 0 Å². The second-order valence-electron chi connectivity index (χ2n) is 3.78. The second kappa shape index (κ2) is 4.66. The van der Waals surface area contributed by atoms with Crippen LogP contribution in [0.15, 0.2) is 41.8 Å². The average Bonchev–Trinajstić information content (AvgIpc) is 2.32. The number of carbonyl (C=O) groups is 1. The molecule has 0 aliphatic rings. The van der Waals surface area contributed by atoms with E-state index in [1.54, 1.807) is 22.8 Å². The summed E-state index contributed by atoms with van der Waals surface area (Å²) >= 11 is 5.89. The number of pyridine rings is 1. The van der Waals surface area contributed by atoms with Crippen LogP contribution in [0.3, 0.4) is 0 Å². The summed E-state index contributed by atoms with van der Waals surface area (Å²) in [6.07, 6.45) is 2.93. The van der Waals surface area contributed by atoms with Gasteiger partial charge in [-0.05, 0) is 18.2 Å². The third-order valence-electron chi connectivity index (χ3n) is 2.60. The number of rotatable bonds is 3. The van der Waals surface area contributed by atoms with Crippen LogP contribution in [-0.4, -0.2) is 15.6 Å². The maximum atomic E-state index is 12.0. The van der Waals surface area contributed by atoms with E-state index in [-0.39, 0.29) is 5.56 Å². The van der Waals surface area contributed by atoms with Gasteiger partial charge in [0.2, 0.25) is 5.43 Å². The van der Waals surface area contributed by atoms with E-state index in [1.807, 2.05) is 0 Å². The van der Waals surface area contributed by atoms with Gasteiger partial charge in [0.05, 0.1) is 5.52 Å².